The molecule has 11 heteroatoms. The second-order valence-corrected chi connectivity index (χ2v) is 10.6. The van der Waals surface area contributed by atoms with E-state index < -0.39 is 23.6 Å². The molecule has 1 aromatic carbocycles. The van der Waals surface area contributed by atoms with Gasteiger partial charge in [0.2, 0.25) is 0 Å². The van der Waals surface area contributed by atoms with Crippen molar-refractivity contribution in [3.63, 3.8) is 0 Å². The van der Waals surface area contributed by atoms with Gasteiger partial charge in [-0.2, -0.15) is 0 Å². The van der Waals surface area contributed by atoms with Gasteiger partial charge in [-0.25, -0.2) is 14.2 Å². The van der Waals surface area contributed by atoms with Crippen molar-refractivity contribution in [1.82, 2.24) is 19.8 Å². The van der Waals surface area contributed by atoms with Crippen LogP contribution in [0.15, 0.2) is 42.7 Å². The number of fused-ring (bicyclic) bond motifs is 2. The first-order chi connectivity index (χ1) is 18.6. The van der Waals surface area contributed by atoms with Gasteiger partial charge in [-0.3, -0.25) is 9.78 Å². The highest BCUT2D eigenvalue weighted by atomic mass is 35.5. The number of hydrogen-bond donors (Lipinski definition) is 0. The predicted octanol–water partition coefficient (Wildman–Crippen LogP) is 5.07. The maximum Gasteiger partial charge on any atom is 0.410 e. The smallest absolute Gasteiger partial charge is 0.410 e. The third-order valence-corrected chi connectivity index (χ3v) is 6.86. The van der Waals surface area contributed by atoms with Crippen molar-refractivity contribution >= 4 is 23.6 Å². The molecule has 2 aromatic heterocycles. The first-order valence-electron chi connectivity index (χ1n) is 12.5. The third-order valence-electron chi connectivity index (χ3n) is 6.51. The molecule has 0 saturated carbocycles. The summed E-state index contributed by atoms with van der Waals surface area (Å²) >= 11 is 6.83. The zero-order valence-electron chi connectivity index (χ0n) is 22.0. The van der Waals surface area contributed by atoms with Crippen LogP contribution in [0.25, 0.3) is 22.5 Å². The van der Waals surface area contributed by atoms with Crippen LogP contribution in [0.4, 0.5) is 9.18 Å². The van der Waals surface area contributed by atoms with E-state index in [0.717, 1.165) is 0 Å². The standard InChI is InChI=1S/C28H28ClFN4O5/c1-28(2,3)39-27(36)33-12-13-34-17(14-33)15-38-25-21(26(34)35)23(16-8-10-31-11-9-16)32-24(22(25)29)20-18(30)6-5-7-19(20)37-4/h5-11,17H,12-15H2,1-4H3/t17-/m1/s1. The normalized spacial score (nSPS) is 17.1. The number of rotatable bonds is 3. The average molecular weight is 555 g/mol. The fraction of sp³-hybridized carbons (Fsp3) is 0.357. The second kappa shape index (κ2) is 10.3. The van der Waals surface area contributed by atoms with Crippen LogP contribution in [0.3, 0.4) is 0 Å². The van der Waals surface area contributed by atoms with Crippen molar-refractivity contribution in [3.8, 4) is 34.0 Å². The largest absolute Gasteiger partial charge is 0.496 e. The molecule has 0 N–H and O–H groups in total. The maximum atomic E-state index is 15.1. The van der Waals surface area contributed by atoms with E-state index >= 15 is 4.39 Å². The van der Waals surface area contributed by atoms with Crippen LogP contribution in [0, 0.1) is 5.82 Å². The monoisotopic (exact) mass is 554 g/mol. The molecule has 2 aliphatic heterocycles. The van der Waals surface area contributed by atoms with E-state index in [1.54, 1.807) is 61.2 Å². The van der Waals surface area contributed by atoms with Crippen LogP contribution < -0.4 is 9.47 Å². The SMILES string of the molecule is COc1cccc(F)c1-c1nc(-c2ccncc2)c2c(c1Cl)OC[C@H]1CN(C(=O)OC(C)(C)C)CCN1C2=O. The van der Waals surface area contributed by atoms with E-state index in [-0.39, 0.29) is 64.6 Å². The number of piperazine rings is 1. The van der Waals surface area contributed by atoms with Crippen molar-refractivity contribution in [2.45, 2.75) is 32.4 Å². The summed E-state index contributed by atoms with van der Waals surface area (Å²) in [6.07, 6.45) is 2.69. The molecule has 5 rings (SSSR count). The van der Waals surface area contributed by atoms with Crippen molar-refractivity contribution in [3.05, 3.63) is 59.1 Å². The molecule has 0 bridgehead atoms. The highest BCUT2D eigenvalue weighted by Crippen LogP contribution is 2.46. The fourth-order valence-electron chi connectivity index (χ4n) is 4.74. The Bertz CT molecular complexity index is 1430. The molecule has 204 valence electrons. The molecule has 1 fully saturated rings. The summed E-state index contributed by atoms with van der Waals surface area (Å²) in [4.78, 5) is 38.8. The van der Waals surface area contributed by atoms with E-state index in [1.165, 1.54) is 19.2 Å². The quantitative estimate of drug-likeness (QED) is 0.446. The highest BCUT2D eigenvalue weighted by Gasteiger charge is 2.41. The van der Waals surface area contributed by atoms with E-state index in [0.29, 0.717) is 12.1 Å². The highest BCUT2D eigenvalue weighted by molar-refractivity contribution is 6.35. The Morgan fingerprint density at radius 3 is 2.56 bits per heavy atom. The minimum Gasteiger partial charge on any atom is -0.496 e. The van der Waals surface area contributed by atoms with Gasteiger partial charge in [-0.15, -0.1) is 0 Å². The van der Waals surface area contributed by atoms with Crippen molar-refractivity contribution in [2.75, 3.05) is 33.4 Å². The fourth-order valence-corrected chi connectivity index (χ4v) is 5.03. The molecule has 1 saturated heterocycles. The number of carbonyl (C=O) groups is 2. The Kier molecular flexibility index (Phi) is 7.07. The number of pyridine rings is 2. The molecule has 3 aromatic rings. The number of ether oxygens (including phenoxy) is 3. The number of benzene rings is 1. The minimum atomic E-state index is -0.650. The summed E-state index contributed by atoms with van der Waals surface area (Å²) in [6.45, 7) is 6.24. The van der Waals surface area contributed by atoms with Gasteiger partial charge in [0.25, 0.3) is 5.91 Å². The summed E-state index contributed by atoms with van der Waals surface area (Å²) in [6, 6.07) is 7.35. The molecule has 9 nitrogen and oxygen atoms in total. The molecule has 1 atom stereocenters. The maximum absolute atomic E-state index is 15.1. The Morgan fingerprint density at radius 1 is 1.13 bits per heavy atom. The molecular formula is C28H28ClFN4O5. The number of nitrogens with zero attached hydrogens (tertiary/aromatic N) is 4. The molecular weight excluding hydrogens is 527 g/mol. The molecule has 39 heavy (non-hydrogen) atoms. The van der Waals surface area contributed by atoms with Gasteiger partial charge < -0.3 is 24.0 Å². The number of hydrogen-bond acceptors (Lipinski definition) is 7. The summed E-state index contributed by atoms with van der Waals surface area (Å²) in [5.74, 6) is -0.600. The molecule has 4 heterocycles. The van der Waals surface area contributed by atoms with Crippen molar-refractivity contribution in [1.29, 1.82) is 0 Å². The van der Waals surface area contributed by atoms with E-state index in [1.807, 2.05) is 0 Å². The van der Waals surface area contributed by atoms with Crippen LogP contribution in [-0.4, -0.2) is 76.8 Å². The van der Waals surface area contributed by atoms with E-state index in [4.69, 9.17) is 30.8 Å². The predicted molar refractivity (Wildman–Crippen MR) is 143 cm³/mol. The Hall–Kier alpha value is -3.92. The van der Waals surface area contributed by atoms with Gasteiger partial charge >= 0.3 is 6.09 Å². The summed E-state index contributed by atoms with van der Waals surface area (Å²) in [5, 5.41) is -0.0107. The van der Waals surface area contributed by atoms with Gasteiger partial charge in [0.1, 0.15) is 40.1 Å². The van der Waals surface area contributed by atoms with E-state index in [9.17, 15) is 9.59 Å². The lowest BCUT2D eigenvalue weighted by molar-refractivity contribution is 0.000957. The second-order valence-electron chi connectivity index (χ2n) is 10.3. The zero-order valence-corrected chi connectivity index (χ0v) is 22.8. The number of amides is 2. The van der Waals surface area contributed by atoms with Gasteiger partial charge in [0, 0.05) is 37.6 Å². The van der Waals surface area contributed by atoms with Gasteiger partial charge in [0.15, 0.2) is 5.75 Å². The number of aromatic nitrogens is 2. The van der Waals surface area contributed by atoms with E-state index in [2.05, 4.69) is 4.98 Å². The Labute approximate surface area is 230 Å². The first kappa shape index (κ1) is 26.7. The van der Waals surface area contributed by atoms with Crippen LogP contribution in [0.5, 0.6) is 11.5 Å². The average Bonchev–Trinajstić information content (AvgIpc) is 3.05. The molecule has 0 unspecified atom stereocenters. The molecule has 2 aliphatic rings. The zero-order chi connectivity index (χ0) is 27.9. The summed E-state index contributed by atoms with van der Waals surface area (Å²) in [7, 11) is 1.42. The van der Waals surface area contributed by atoms with Crippen molar-refractivity contribution in [2.24, 2.45) is 0 Å². The van der Waals surface area contributed by atoms with Gasteiger partial charge in [0.05, 0.1) is 24.4 Å². The topological polar surface area (TPSA) is 94.1 Å². The van der Waals surface area contributed by atoms with Crippen LogP contribution in [-0.2, 0) is 4.74 Å². The minimum absolute atomic E-state index is 0.0107. The molecule has 0 radical (unpaired) electrons. The lowest BCUT2D eigenvalue weighted by atomic mass is 10.0. The molecule has 0 aliphatic carbocycles. The Balaban J connectivity index is 1.62. The lowest BCUT2D eigenvalue weighted by Crippen LogP contribution is -2.58. The lowest BCUT2D eigenvalue weighted by Gasteiger charge is -2.40. The van der Waals surface area contributed by atoms with Crippen LogP contribution in [0.1, 0.15) is 31.1 Å². The number of carbonyl (C=O) groups excluding carboxylic acids is 2. The van der Waals surface area contributed by atoms with Crippen molar-refractivity contribution < 1.29 is 28.2 Å². The van der Waals surface area contributed by atoms with Gasteiger partial charge in [-0.1, -0.05) is 17.7 Å². The molecule has 0 spiro atoms. The van der Waals surface area contributed by atoms with Gasteiger partial charge in [-0.05, 0) is 45.0 Å². The Morgan fingerprint density at radius 2 is 1.87 bits per heavy atom. The summed E-state index contributed by atoms with van der Waals surface area (Å²) < 4.78 is 32.3. The van der Waals surface area contributed by atoms with Crippen LogP contribution >= 0.6 is 11.6 Å². The molecule has 2 amide bonds. The third kappa shape index (κ3) is 5.08. The van der Waals surface area contributed by atoms with Crippen LogP contribution in [0.2, 0.25) is 5.02 Å². The summed E-state index contributed by atoms with van der Waals surface area (Å²) in [5.41, 5.74) is 0.508. The number of halogens is 2. The first-order valence-corrected chi connectivity index (χ1v) is 12.8. The number of methoxy groups -OCH3 is 1.